The van der Waals surface area contributed by atoms with Gasteiger partial charge in [-0.2, -0.15) is 0 Å². The first kappa shape index (κ1) is 14.1. The number of alkyl halides is 1. The third-order valence-corrected chi connectivity index (χ3v) is 4.13. The highest BCUT2D eigenvalue weighted by Crippen LogP contribution is 2.31. The predicted molar refractivity (Wildman–Crippen MR) is 77.9 cm³/mol. The Hall–Kier alpha value is -1.29. The molecule has 1 aromatic carbocycles. The minimum Gasteiger partial charge on any atom is -0.369 e. The molecule has 0 unspecified atom stereocenters. The molecule has 104 valence electrons. The van der Waals surface area contributed by atoms with Gasteiger partial charge in [-0.1, -0.05) is 12.8 Å². The fraction of sp³-hybridized carbons (Fsp3) is 0.571. The molecule has 0 aliphatic heterocycles. The summed E-state index contributed by atoms with van der Waals surface area (Å²) in [6.07, 6.45) is 4.97. The maximum Gasteiger partial charge on any atom is 0.273 e. The Morgan fingerprint density at radius 3 is 2.63 bits per heavy atom. The highest BCUT2D eigenvalue weighted by Gasteiger charge is 2.23. The molecule has 4 nitrogen and oxygen atoms in total. The monoisotopic (exact) mass is 282 g/mol. The Bertz CT molecular complexity index is 459. The van der Waals surface area contributed by atoms with Crippen LogP contribution in [0.25, 0.3) is 0 Å². The molecule has 0 bridgehead atoms. The molecular weight excluding hydrogens is 264 g/mol. The largest absolute Gasteiger partial charge is 0.369 e. The molecule has 0 radical (unpaired) electrons. The average molecular weight is 283 g/mol. The van der Waals surface area contributed by atoms with E-state index >= 15 is 0 Å². The van der Waals surface area contributed by atoms with Gasteiger partial charge in [0.1, 0.15) is 0 Å². The number of hydrogen-bond acceptors (Lipinski definition) is 3. The Labute approximate surface area is 118 Å². The quantitative estimate of drug-likeness (QED) is 0.464. The van der Waals surface area contributed by atoms with Crippen molar-refractivity contribution in [3.05, 3.63) is 33.9 Å². The van der Waals surface area contributed by atoms with Gasteiger partial charge in [0, 0.05) is 29.9 Å². The van der Waals surface area contributed by atoms with Crippen LogP contribution in [0, 0.1) is 10.1 Å². The van der Waals surface area contributed by atoms with Crippen molar-refractivity contribution in [1.82, 2.24) is 0 Å². The number of rotatable bonds is 5. The van der Waals surface area contributed by atoms with Gasteiger partial charge in [-0.15, -0.1) is 11.6 Å². The number of benzene rings is 1. The maximum absolute atomic E-state index is 10.9. The van der Waals surface area contributed by atoms with Crippen LogP contribution in [0.4, 0.5) is 11.4 Å². The van der Waals surface area contributed by atoms with Crippen molar-refractivity contribution in [2.45, 2.75) is 44.5 Å². The van der Waals surface area contributed by atoms with Crippen molar-refractivity contribution in [3.63, 3.8) is 0 Å². The van der Waals surface area contributed by atoms with E-state index in [9.17, 15) is 10.1 Å². The van der Waals surface area contributed by atoms with Crippen molar-refractivity contribution in [2.75, 3.05) is 11.4 Å². The molecule has 0 heterocycles. The van der Waals surface area contributed by atoms with Crippen LogP contribution in [0.5, 0.6) is 0 Å². The Morgan fingerprint density at radius 1 is 1.42 bits per heavy atom. The molecule has 1 aliphatic rings. The second kappa shape index (κ2) is 6.24. The third-order valence-electron chi connectivity index (χ3n) is 3.84. The van der Waals surface area contributed by atoms with E-state index in [0.29, 0.717) is 11.6 Å². The van der Waals surface area contributed by atoms with E-state index in [1.165, 1.54) is 25.7 Å². The van der Waals surface area contributed by atoms with Crippen LogP contribution in [0.1, 0.15) is 38.2 Å². The van der Waals surface area contributed by atoms with E-state index in [4.69, 9.17) is 11.6 Å². The normalized spacial score (nSPS) is 15.7. The van der Waals surface area contributed by atoms with Crippen molar-refractivity contribution in [2.24, 2.45) is 0 Å². The van der Waals surface area contributed by atoms with Crippen LogP contribution < -0.4 is 4.90 Å². The minimum atomic E-state index is -0.368. The number of nitro benzene ring substituents is 1. The lowest BCUT2D eigenvalue weighted by atomic mass is 10.1. The molecule has 0 saturated heterocycles. The molecule has 1 aliphatic carbocycles. The summed E-state index contributed by atoms with van der Waals surface area (Å²) in [5, 5.41) is 10.9. The minimum absolute atomic E-state index is 0.112. The van der Waals surface area contributed by atoms with Gasteiger partial charge in [0.2, 0.25) is 0 Å². The summed E-state index contributed by atoms with van der Waals surface area (Å²) in [7, 11) is 0. The lowest BCUT2D eigenvalue weighted by Gasteiger charge is -2.30. The van der Waals surface area contributed by atoms with E-state index in [1.807, 2.05) is 12.1 Å². The van der Waals surface area contributed by atoms with Gasteiger partial charge in [0.15, 0.2) is 0 Å². The second-order valence-electron chi connectivity index (χ2n) is 4.93. The van der Waals surface area contributed by atoms with Gasteiger partial charge in [0.25, 0.3) is 5.69 Å². The fourth-order valence-electron chi connectivity index (χ4n) is 2.90. The van der Waals surface area contributed by atoms with Crippen molar-refractivity contribution in [1.29, 1.82) is 0 Å². The standard InChI is InChI=1S/C14H19ClN2O2/c1-2-16(12-5-3-4-6-12)13-7-8-14(17(18)19)11(9-13)10-15/h7-9,12H,2-6,10H2,1H3. The Morgan fingerprint density at radius 2 is 2.11 bits per heavy atom. The summed E-state index contributed by atoms with van der Waals surface area (Å²) < 4.78 is 0. The van der Waals surface area contributed by atoms with Gasteiger partial charge in [-0.05, 0) is 31.9 Å². The maximum atomic E-state index is 10.9. The second-order valence-corrected chi connectivity index (χ2v) is 5.20. The van der Waals surface area contributed by atoms with E-state index < -0.39 is 0 Å². The summed E-state index contributed by atoms with van der Waals surface area (Å²) in [5.74, 6) is 0.173. The molecule has 1 saturated carbocycles. The summed E-state index contributed by atoms with van der Waals surface area (Å²) in [6.45, 7) is 3.05. The SMILES string of the molecule is CCN(c1ccc([N+](=O)[O-])c(CCl)c1)C1CCCC1. The van der Waals surface area contributed by atoms with E-state index in [1.54, 1.807) is 6.07 Å². The number of hydrogen-bond donors (Lipinski definition) is 0. The van der Waals surface area contributed by atoms with Crippen LogP contribution in [-0.2, 0) is 5.88 Å². The van der Waals surface area contributed by atoms with Crippen LogP contribution in [0.2, 0.25) is 0 Å². The highest BCUT2D eigenvalue weighted by molar-refractivity contribution is 6.17. The molecular formula is C14H19ClN2O2. The molecule has 2 rings (SSSR count). The summed E-state index contributed by atoms with van der Waals surface area (Å²) in [4.78, 5) is 12.9. The molecule has 1 aromatic rings. The number of anilines is 1. The zero-order chi connectivity index (χ0) is 13.8. The molecule has 0 spiro atoms. The number of nitrogens with zero attached hydrogens (tertiary/aromatic N) is 2. The molecule has 1 fully saturated rings. The van der Waals surface area contributed by atoms with Crippen LogP contribution in [-0.4, -0.2) is 17.5 Å². The predicted octanol–water partition coefficient (Wildman–Crippen LogP) is 4.10. The molecule has 0 amide bonds. The zero-order valence-corrected chi connectivity index (χ0v) is 11.9. The van der Waals surface area contributed by atoms with E-state index in [-0.39, 0.29) is 16.5 Å². The molecule has 0 atom stereocenters. The Balaban J connectivity index is 2.30. The topological polar surface area (TPSA) is 46.4 Å². The smallest absolute Gasteiger partial charge is 0.273 e. The molecule has 5 heteroatoms. The number of nitro groups is 1. The first-order valence-electron chi connectivity index (χ1n) is 6.77. The first-order chi connectivity index (χ1) is 9.17. The molecule has 0 aromatic heterocycles. The van der Waals surface area contributed by atoms with Gasteiger partial charge in [0.05, 0.1) is 10.8 Å². The van der Waals surface area contributed by atoms with Crippen molar-refractivity contribution >= 4 is 23.0 Å². The average Bonchev–Trinajstić information content (AvgIpc) is 2.93. The summed E-state index contributed by atoms with van der Waals surface area (Å²) in [5.41, 5.74) is 1.76. The summed E-state index contributed by atoms with van der Waals surface area (Å²) in [6, 6.07) is 5.85. The van der Waals surface area contributed by atoms with Crippen molar-refractivity contribution in [3.8, 4) is 0 Å². The van der Waals surface area contributed by atoms with Crippen LogP contribution >= 0.6 is 11.6 Å². The third kappa shape index (κ3) is 3.00. The van der Waals surface area contributed by atoms with Gasteiger partial charge < -0.3 is 4.90 Å². The van der Waals surface area contributed by atoms with E-state index in [2.05, 4.69) is 11.8 Å². The Kier molecular flexibility index (Phi) is 4.64. The van der Waals surface area contributed by atoms with E-state index in [0.717, 1.165) is 12.2 Å². The van der Waals surface area contributed by atoms with Gasteiger partial charge >= 0.3 is 0 Å². The van der Waals surface area contributed by atoms with Crippen LogP contribution in [0.15, 0.2) is 18.2 Å². The zero-order valence-electron chi connectivity index (χ0n) is 11.1. The fourth-order valence-corrected chi connectivity index (χ4v) is 3.12. The lowest BCUT2D eigenvalue weighted by Crippen LogP contribution is -2.32. The first-order valence-corrected chi connectivity index (χ1v) is 7.30. The summed E-state index contributed by atoms with van der Waals surface area (Å²) >= 11 is 5.83. The van der Waals surface area contributed by atoms with Gasteiger partial charge in [-0.3, -0.25) is 10.1 Å². The van der Waals surface area contributed by atoms with Crippen molar-refractivity contribution < 1.29 is 4.92 Å². The lowest BCUT2D eigenvalue weighted by molar-refractivity contribution is -0.385. The molecule has 0 N–H and O–H groups in total. The van der Waals surface area contributed by atoms with Gasteiger partial charge in [-0.25, -0.2) is 0 Å². The van der Waals surface area contributed by atoms with Crippen LogP contribution in [0.3, 0.4) is 0 Å². The highest BCUT2D eigenvalue weighted by atomic mass is 35.5. The number of halogens is 1. The molecule has 19 heavy (non-hydrogen) atoms.